The van der Waals surface area contributed by atoms with Crippen LogP contribution in [0.25, 0.3) is 0 Å². The van der Waals surface area contributed by atoms with Gasteiger partial charge in [0.25, 0.3) is 0 Å². The molecule has 1 aromatic rings. The van der Waals surface area contributed by atoms with Gasteiger partial charge in [0, 0.05) is 25.8 Å². The summed E-state index contributed by atoms with van der Waals surface area (Å²) in [4.78, 5) is 4.35. The van der Waals surface area contributed by atoms with Crippen LogP contribution in [0.5, 0.6) is 0 Å². The number of hydrogen-bond donors (Lipinski definition) is 1. The third-order valence-corrected chi connectivity index (χ3v) is 6.81. The van der Waals surface area contributed by atoms with Crippen molar-refractivity contribution in [1.29, 1.82) is 0 Å². The fourth-order valence-corrected chi connectivity index (χ4v) is 4.38. The topological polar surface area (TPSA) is 76.3 Å². The molecule has 118 valence electrons. The summed E-state index contributed by atoms with van der Waals surface area (Å²) in [5.41, 5.74) is 6.50. The maximum atomic E-state index is 12.6. The van der Waals surface area contributed by atoms with Crippen molar-refractivity contribution < 1.29 is 8.42 Å². The Morgan fingerprint density at radius 1 is 1.24 bits per heavy atom. The van der Waals surface area contributed by atoms with Crippen LogP contribution in [0.1, 0.15) is 45.2 Å². The molecule has 6 heteroatoms. The average Bonchev–Trinajstić information content (AvgIpc) is 2.55. The number of pyridine rings is 1. The van der Waals surface area contributed by atoms with Gasteiger partial charge >= 0.3 is 0 Å². The highest BCUT2D eigenvalue weighted by molar-refractivity contribution is 7.89. The van der Waals surface area contributed by atoms with Gasteiger partial charge in [-0.2, -0.15) is 4.31 Å². The molecule has 1 aliphatic heterocycles. The molecule has 0 spiro atoms. The number of aromatic nitrogens is 1. The van der Waals surface area contributed by atoms with E-state index in [-0.39, 0.29) is 4.90 Å². The highest BCUT2D eigenvalue weighted by Crippen LogP contribution is 2.39. The SMILES string of the molecule is CCC1(CC)CCN(S(=O)(=O)c2ccc(CN)nc2)CC1. The van der Waals surface area contributed by atoms with Crippen LogP contribution in [0.2, 0.25) is 0 Å². The summed E-state index contributed by atoms with van der Waals surface area (Å²) in [5, 5.41) is 0. The van der Waals surface area contributed by atoms with Crippen molar-refractivity contribution in [1.82, 2.24) is 9.29 Å². The van der Waals surface area contributed by atoms with Crippen LogP contribution in [-0.4, -0.2) is 30.8 Å². The molecule has 0 amide bonds. The molecule has 2 N–H and O–H groups in total. The number of hydrogen-bond acceptors (Lipinski definition) is 4. The highest BCUT2D eigenvalue weighted by Gasteiger charge is 2.36. The maximum absolute atomic E-state index is 12.6. The van der Waals surface area contributed by atoms with E-state index in [9.17, 15) is 8.42 Å². The zero-order chi connectivity index (χ0) is 15.5. The van der Waals surface area contributed by atoms with Crippen LogP contribution in [0.3, 0.4) is 0 Å². The van der Waals surface area contributed by atoms with Gasteiger partial charge in [-0.05, 0) is 30.4 Å². The van der Waals surface area contributed by atoms with E-state index in [1.165, 1.54) is 6.20 Å². The molecule has 0 aromatic carbocycles. The summed E-state index contributed by atoms with van der Waals surface area (Å²) < 4.78 is 26.9. The van der Waals surface area contributed by atoms with Gasteiger partial charge in [-0.1, -0.05) is 26.7 Å². The summed E-state index contributed by atoms with van der Waals surface area (Å²) in [6.45, 7) is 5.91. The Morgan fingerprint density at radius 2 is 1.86 bits per heavy atom. The number of nitrogens with two attached hydrogens (primary N) is 1. The van der Waals surface area contributed by atoms with Crippen LogP contribution < -0.4 is 5.73 Å². The van der Waals surface area contributed by atoms with E-state index in [1.54, 1.807) is 16.4 Å². The van der Waals surface area contributed by atoms with Gasteiger partial charge in [-0.25, -0.2) is 8.42 Å². The summed E-state index contributed by atoms with van der Waals surface area (Å²) in [7, 11) is -3.42. The number of piperidine rings is 1. The van der Waals surface area contributed by atoms with Crippen molar-refractivity contribution in [3.8, 4) is 0 Å². The maximum Gasteiger partial charge on any atom is 0.244 e. The fourth-order valence-electron chi connectivity index (χ4n) is 2.99. The van der Waals surface area contributed by atoms with Crippen LogP contribution in [-0.2, 0) is 16.6 Å². The molecule has 1 saturated heterocycles. The van der Waals surface area contributed by atoms with E-state index in [0.717, 1.165) is 25.7 Å². The van der Waals surface area contributed by atoms with Gasteiger partial charge in [-0.3, -0.25) is 4.98 Å². The summed E-state index contributed by atoms with van der Waals surface area (Å²) in [5.74, 6) is 0. The largest absolute Gasteiger partial charge is 0.325 e. The first kappa shape index (κ1) is 16.4. The Kier molecular flexibility index (Phi) is 5.01. The predicted octanol–water partition coefficient (Wildman–Crippen LogP) is 2.13. The lowest BCUT2D eigenvalue weighted by molar-refractivity contribution is 0.141. The van der Waals surface area contributed by atoms with E-state index < -0.39 is 10.0 Å². The Labute approximate surface area is 127 Å². The van der Waals surface area contributed by atoms with Crippen molar-refractivity contribution >= 4 is 10.0 Å². The Hall–Kier alpha value is -0.980. The van der Waals surface area contributed by atoms with Crippen LogP contribution in [0, 0.1) is 5.41 Å². The molecule has 21 heavy (non-hydrogen) atoms. The van der Waals surface area contributed by atoms with E-state index in [4.69, 9.17) is 5.73 Å². The van der Waals surface area contributed by atoms with E-state index in [1.807, 2.05) is 0 Å². The first-order chi connectivity index (χ1) is 9.97. The van der Waals surface area contributed by atoms with E-state index in [2.05, 4.69) is 18.8 Å². The smallest absolute Gasteiger partial charge is 0.244 e. The zero-order valence-corrected chi connectivity index (χ0v) is 13.7. The van der Waals surface area contributed by atoms with Crippen molar-refractivity contribution in [2.45, 2.75) is 51.0 Å². The first-order valence-corrected chi connectivity index (χ1v) is 9.06. The van der Waals surface area contributed by atoms with Crippen molar-refractivity contribution in [2.24, 2.45) is 11.1 Å². The third-order valence-electron chi connectivity index (χ3n) is 4.93. The Morgan fingerprint density at radius 3 is 2.29 bits per heavy atom. The standard InChI is InChI=1S/C15H25N3O2S/c1-3-15(4-2)7-9-18(10-8-15)21(19,20)14-6-5-13(11-16)17-12-14/h5-6,12H,3-4,7-11,16H2,1-2H3. The van der Waals surface area contributed by atoms with Crippen molar-refractivity contribution in [3.63, 3.8) is 0 Å². The molecule has 1 aromatic heterocycles. The van der Waals surface area contributed by atoms with Gasteiger partial charge in [0.15, 0.2) is 0 Å². The highest BCUT2D eigenvalue weighted by atomic mass is 32.2. The molecular formula is C15H25N3O2S. The monoisotopic (exact) mass is 311 g/mol. The van der Waals surface area contributed by atoms with Crippen LogP contribution in [0.4, 0.5) is 0 Å². The van der Waals surface area contributed by atoms with Crippen LogP contribution >= 0.6 is 0 Å². The number of rotatable bonds is 5. The predicted molar refractivity (Wildman–Crippen MR) is 83.1 cm³/mol. The quantitative estimate of drug-likeness (QED) is 0.904. The molecule has 0 saturated carbocycles. The lowest BCUT2D eigenvalue weighted by Crippen LogP contribution is -2.42. The van der Waals surface area contributed by atoms with E-state index in [0.29, 0.717) is 30.7 Å². The first-order valence-electron chi connectivity index (χ1n) is 7.62. The van der Waals surface area contributed by atoms with Gasteiger partial charge in [-0.15, -0.1) is 0 Å². The summed E-state index contributed by atoms with van der Waals surface area (Å²) in [6, 6.07) is 3.28. The van der Waals surface area contributed by atoms with Gasteiger partial charge in [0.1, 0.15) is 4.90 Å². The van der Waals surface area contributed by atoms with Gasteiger partial charge in [0.05, 0.1) is 5.69 Å². The molecule has 1 aliphatic rings. The summed E-state index contributed by atoms with van der Waals surface area (Å²) >= 11 is 0. The molecule has 0 aliphatic carbocycles. The molecule has 0 atom stereocenters. The van der Waals surface area contributed by atoms with Crippen molar-refractivity contribution in [2.75, 3.05) is 13.1 Å². The zero-order valence-electron chi connectivity index (χ0n) is 12.9. The minimum atomic E-state index is -3.42. The lowest BCUT2D eigenvalue weighted by atomic mass is 9.75. The average molecular weight is 311 g/mol. The molecular weight excluding hydrogens is 286 g/mol. The molecule has 0 bridgehead atoms. The minimum absolute atomic E-state index is 0.264. The van der Waals surface area contributed by atoms with Crippen molar-refractivity contribution in [3.05, 3.63) is 24.0 Å². The summed E-state index contributed by atoms with van der Waals surface area (Å²) in [6.07, 6.45) is 5.52. The molecule has 2 rings (SSSR count). The molecule has 0 unspecified atom stereocenters. The van der Waals surface area contributed by atoms with Gasteiger partial charge < -0.3 is 5.73 Å². The molecule has 2 heterocycles. The number of sulfonamides is 1. The van der Waals surface area contributed by atoms with E-state index >= 15 is 0 Å². The van der Waals surface area contributed by atoms with Crippen LogP contribution in [0.15, 0.2) is 23.2 Å². The molecule has 0 radical (unpaired) electrons. The number of nitrogens with zero attached hydrogens (tertiary/aromatic N) is 2. The third kappa shape index (κ3) is 3.27. The Bertz CT molecular complexity index is 555. The normalized spacial score (nSPS) is 19.6. The van der Waals surface area contributed by atoms with Gasteiger partial charge in [0.2, 0.25) is 10.0 Å². The Balaban J connectivity index is 2.14. The second-order valence-corrected chi connectivity index (χ2v) is 7.74. The molecule has 5 nitrogen and oxygen atoms in total. The second-order valence-electron chi connectivity index (χ2n) is 5.80. The lowest BCUT2D eigenvalue weighted by Gasteiger charge is -2.40. The fraction of sp³-hybridized carbons (Fsp3) is 0.667. The second kappa shape index (κ2) is 6.42. The minimum Gasteiger partial charge on any atom is -0.325 e. The molecule has 1 fully saturated rings.